The molecule has 1 aliphatic heterocycles. The Balaban J connectivity index is 2.35. The van der Waals surface area contributed by atoms with Gasteiger partial charge in [0, 0.05) is 6.04 Å². The summed E-state index contributed by atoms with van der Waals surface area (Å²) in [6.07, 6.45) is 4.29. The van der Waals surface area contributed by atoms with Crippen LogP contribution in [0.1, 0.15) is 39.5 Å². The highest BCUT2D eigenvalue weighted by Crippen LogP contribution is 2.18. The molecule has 0 amide bonds. The number of likely N-dealkylation sites (tertiary alicyclic amines) is 1. The highest BCUT2D eigenvalue weighted by atomic mass is 16.5. The second-order valence-corrected chi connectivity index (χ2v) is 6.42. The Morgan fingerprint density at radius 1 is 1.43 bits per heavy atom. The molecule has 1 fully saturated rings. The number of hydrogen-bond acceptors (Lipinski definition) is 5. The SMILES string of the molecule is CCOC(=O)C(C)(CCCN(C)C1CCN(C)CC1)NC. The van der Waals surface area contributed by atoms with Crippen molar-refractivity contribution in [1.29, 1.82) is 0 Å². The number of carbonyl (C=O) groups excluding carboxylic acids is 1. The van der Waals surface area contributed by atoms with Crippen molar-refractivity contribution in [2.45, 2.75) is 51.1 Å². The highest BCUT2D eigenvalue weighted by Gasteiger charge is 2.32. The Morgan fingerprint density at radius 2 is 2.05 bits per heavy atom. The molecule has 5 heteroatoms. The third-order valence-electron chi connectivity index (χ3n) is 4.78. The summed E-state index contributed by atoms with van der Waals surface area (Å²) >= 11 is 0. The summed E-state index contributed by atoms with van der Waals surface area (Å²) in [7, 11) is 6.22. The number of piperidine rings is 1. The van der Waals surface area contributed by atoms with E-state index in [4.69, 9.17) is 4.74 Å². The fraction of sp³-hybridized carbons (Fsp3) is 0.938. The molecule has 124 valence electrons. The quantitative estimate of drug-likeness (QED) is 0.685. The molecule has 1 rings (SSSR count). The minimum atomic E-state index is -0.566. The summed E-state index contributed by atoms with van der Waals surface area (Å²) in [4.78, 5) is 16.9. The van der Waals surface area contributed by atoms with E-state index in [1.165, 1.54) is 25.9 Å². The van der Waals surface area contributed by atoms with Crippen molar-refractivity contribution in [2.24, 2.45) is 0 Å². The Bertz CT molecular complexity index is 317. The predicted octanol–water partition coefficient (Wildman–Crippen LogP) is 1.33. The molecular formula is C16H33N3O2. The zero-order chi connectivity index (χ0) is 15.9. The molecule has 0 radical (unpaired) electrons. The van der Waals surface area contributed by atoms with E-state index in [0.29, 0.717) is 12.6 Å². The van der Waals surface area contributed by atoms with Crippen LogP contribution < -0.4 is 5.32 Å². The first-order valence-corrected chi connectivity index (χ1v) is 8.18. The van der Waals surface area contributed by atoms with Crippen LogP contribution in [0.25, 0.3) is 0 Å². The van der Waals surface area contributed by atoms with Crippen LogP contribution in [0.2, 0.25) is 0 Å². The molecule has 0 aromatic carbocycles. The van der Waals surface area contributed by atoms with E-state index in [1.807, 2.05) is 20.9 Å². The lowest BCUT2D eigenvalue weighted by Gasteiger charge is -2.35. The van der Waals surface area contributed by atoms with E-state index in [2.05, 4.69) is 29.2 Å². The monoisotopic (exact) mass is 299 g/mol. The van der Waals surface area contributed by atoms with Crippen molar-refractivity contribution >= 4 is 5.97 Å². The molecule has 21 heavy (non-hydrogen) atoms. The Labute approximate surface area is 130 Å². The van der Waals surface area contributed by atoms with E-state index >= 15 is 0 Å². The summed E-state index contributed by atoms with van der Waals surface area (Å²) in [5.41, 5.74) is -0.566. The van der Waals surface area contributed by atoms with E-state index in [0.717, 1.165) is 19.4 Å². The largest absolute Gasteiger partial charge is 0.465 e. The highest BCUT2D eigenvalue weighted by molar-refractivity contribution is 5.80. The summed E-state index contributed by atoms with van der Waals surface area (Å²) in [5, 5.41) is 3.12. The van der Waals surface area contributed by atoms with Crippen LogP contribution in [0.5, 0.6) is 0 Å². The molecule has 0 saturated carbocycles. The van der Waals surface area contributed by atoms with Crippen molar-refractivity contribution in [3.63, 3.8) is 0 Å². The maximum atomic E-state index is 12.0. The summed E-state index contributed by atoms with van der Waals surface area (Å²) in [6, 6.07) is 0.685. The maximum Gasteiger partial charge on any atom is 0.326 e. The number of rotatable bonds is 8. The minimum Gasteiger partial charge on any atom is -0.465 e. The molecule has 1 atom stereocenters. The van der Waals surface area contributed by atoms with Crippen molar-refractivity contribution in [1.82, 2.24) is 15.1 Å². The number of nitrogens with zero attached hydrogens (tertiary/aromatic N) is 2. The lowest BCUT2D eigenvalue weighted by molar-refractivity contribution is -0.150. The number of nitrogens with one attached hydrogen (secondary N) is 1. The van der Waals surface area contributed by atoms with Crippen LogP contribution in [0, 0.1) is 0 Å². The van der Waals surface area contributed by atoms with Crippen molar-refractivity contribution in [3.8, 4) is 0 Å². The number of esters is 1. The van der Waals surface area contributed by atoms with Gasteiger partial charge in [-0.15, -0.1) is 0 Å². The van der Waals surface area contributed by atoms with E-state index < -0.39 is 5.54 Å². The topological polar surface area (TPSA) is 44.8 Å². The van der Waals surface area contributed by atoms with Gasteiger partial charge in [0.15, 0.2) is 0 Å². The lowest BCUT2D eigenvalue weighted by Crippen LogP contribution is -2.49. The Kier molecular flexibility index (Phi) is 7.63. The van der Waals surface area contributed by atoms with Gasteiger partial charge in [-0.2, -0.15) is 0 Å². The third-order valence-corrected chi connectivity index (χ3v) is 4.78. The average Bonchev–Trinajstić information content (AvgIpc) is 2.47. The second-order valence-electron chi connectivity index (χ2n) is 6.42. The normalized spacial score (nSPS) is 20.5. The van der Waals surface area contributed by atoms with E-state index in [1.54, 1.807) is 0 Å². The minimum absolute atomic E-state index is 0.144. The Morgan fingerprint density at radius 3 is 2.57 bits per heavy atom. The van der Waals surface area contributed by atoms with Crippen LogP contribution in [-0.4, -0.2) is 74.7 Å². The average molecular weight is 299 g/mol. The van der Waals surface area contributed by atoms with Gasteiger partial charge in [0.2, 0.25) is 0 Å². The first-order chi connectivity index (χ1) is 9.92. The number of carbonyl (C=O) groups is 1. The van der Waals surface area contributed by atoms with Crippen molar-refractivity contribution < 1.29 is 9.53 Å². The summed E-state index contributed by atoms with van der Waals surface area (Å²) in [5.74, 6) is -0.144. The van der Waals surface area contributed by atoms with Crippen LogP contribution in [0.15, 0.2) is 0 Å². The lowest BCUT2D eigenvalue weighted by atomic mass is 9.95. The molecule has 1 aliphatic rings. The zero-order valence-electron chi connectivity index (χ0n) is 14.4. The third kappa shape index (κ3) is 5.57. The Hall–Kier alpha value is -0.650. The molecule has 0 aromatic rings. The second kappa shape index (κ2) is 8.71. The smallest absolute Gasteiger partial charge is 0.326 e. The van der Waals surface area contributed by atoms with Crippen LogP contribution >= 0.6 is 0 Å². The van der Waals surface area contributed by atoms with Gasteiger partial charge in [-0.05, 0) is 80.3 Å². The standard InChI is InChI=1S/C16H33N3O2/c1-6-21-15(20)16(2,17-3)10-7-11-19(5)14-8-12-18(4)13-9-14/h14,17H,6-13H2,1-5H3. The van der Waals surface area contributed by atoms with Gasteiger partial charge in [0.1, 0.15) is 5.54 Å². The van der Waals surface area contributed by atoms with E-state index in [9.17, 15) is 4.79 Å². The van der Waals surface area contributed by atoms with Crippen LogP contribution in [0.3, 0.4) is 0 Å². The molecule has 5 nitrogen and oxygen atoms in total. The van der Waals surface area contributed by atoms with Crippen molar-refractivity contribution in [3.05, 3.63) is 0 Å². The zero-order valence-corrected chi connectivity index (χ0v) is 14.4. The molecule has 0 aliphatic carbocycles. The molecule has 1 N–H and O–H groups in total. The molecule has 1 heterocycles. The molecule has 1 saturated heterocycles. The number of likely N-dealkylation sites (N-methyl/N-ethyl adjacent to an activating group) is 1. The number of hydrogen-bond donors (Lipinski definition) is 1. The van der Waals surface area contributed by atoms with Gasteiger partial charge in [-0.1, -0.05) is 0 Å². The van der Waals surface area contributed by atoms with Gasteiger partial charge in [0.25, 0.3) is 0 Å². The maximum absolute atomic E-state index is 12.0. The first-order valence-electron chi connectivity index (χ1n) is 8.18. The molecule has 0 spiro atoms. The first kappa shape index (κ1) is 18.4. The molecule has 0 bridgehead atoms. The fourth-order valence-electron chi connectivity index (χ4n) is 2.92. The van der Waals surface area contributed by atoms with Gasteiger partial charge in [0.05, 0.1) is 6.61 Å². The summed E-state index contributed by atoms with van der Waals surface area (Å²) < 4.78 is 5.16. The van der Waals surface area contributed by atoms with Gasteiger partial charge in [-0.25, -0.2) is 0 Å². The molecule has 0 aromatic heterocycles. The predicted molar refractivity (Wildman–Crippen MR) is 86.5 cm³/mol. The van der Waals surface area contributed by atoms with Gasteiger partial charge < -0.3 is 19.9 Å². The van der Waals surface area contributed by atoms with Gasteiger partial charge in [-0.3, -0.25) is 4.79 Å². The molecular weight excluding hydrogens is 266 g/mol. The fourth-order valence-corrected chi connectivity index (χ4v) is 2.92. The van der Waals surface area contributed by atoms with E-state index in [-0.39, 0.29) is 5.97 Å². The summed E-state index contributed by atoms with van der Waals surface area (Å²) in [6.45, 7) is 7.62. The van der Waals surface area contributed by atoms with Crippen molar-refractivity contribution in [2.75, 3.05) is 47.4 Å². The van der Waals surface area contributed by atoms with Crippen LogP contribution in [0.4, 0.5) is 0 Å². The number of ether oxygens (including phenoxy) is 1. The van der Waals surface area contributed by atoms with Gasteiger partial charge >= 0.3 is 5.97 Å². The van der Waals surface area contributed by atoms with Crippen LogP contribution in [-0.2, 0) is 9.53 Å². The molecule has 1 unspecified atom stereocenters.